The molecule has 2 aromatic carbocycles. The average Bonchev–Trinajstić information content (AvgIpc) is 3.53. The zero-order valence-corrected chi connectivity index (χ0v) is 18.9. The highest BCUT2D eigenvalue weighted by Crippen LogP contribution is 2.32. The van der Waals surface area contributed by atoms with Crippen molar-refractivity contribution in [1.29, 1.82) is 0 Å². The Bertz CT molecular complexity index is 1330. The summed E-state index contributed by atoms with van der Waals surface area (Å²) in [6, 6.07) is 12.9. The Hall–Kier alpha value is -3.79. The van der Waals surface area contributed by atoms with E-state index in [2.05, 4.69) is 41.5 Å². The Morgan fingerprint density at radius 3 is 2.67 bits per heavy atom. The lowest BCUT2D eigenvalue weighted by Crippen LogP contribution is -2.34. The van der Waals surface area contributed by atoms with Crippen molar-refractivity contribution in [1.82, 2.24) is 24.8 Å². The monoisotopic (exact) mass is 506 g/mol. The van der Waals surface area contributed by atoms with Crippen LogP contribution in [0.4, 0.5) is 10.5 Å². The van der Waals surface area contributed by atoms with E-state index in [1.165, 1.54) is 19.2 Å². The van der Waals surface area contributed by atoms with Gasteiger partial charge in [0, 0.05) is 22.3 Å². The molecule has 0 saturated heterocycles. The number of halogens is 1. The number of hydrogen-bond donors (Lipinski definition) is 2. The van der Waals surface area contributed by atoms with Gasteiger partial charge in [0.1, 0.15) is 12.1 Å². The minimum Gasteiger partial charge on any atom is -0.437 e. The smallest absolute Gasteiger partial charge is 0.326 e. The number of rotatable bonds is 6. The van der Waals surface area contributed by atoms with E-state index in [-0.39, 0.29) is 0 Å². The van der Waals surface area contributed by atoms with Crippen molar-refractivity contribution in [3.8, 4) is 11.6 Å². The van der Waals surface area contributed by atoms with Crippen molar-refractivity contribution < 1.29 is 14.3 Å². The van der Waals surface area contributed by atoms with Gasteiger partial charge in [-0.2, -0.15) is 4.98 Å². The maximum atomic E-state index is 12.2. The lowest BCUT2D eigenvalue weighted by Gasteiger charge is -2.09. The highest BCUT2D eigenvalue weighted by molar-refractivity contribution is 9.10. The highest BCUT2D eigenvalue weighted by Gasteiger charge is 2.23. The van der Waals surface area contributed by atoms with Crippen LogP contribution >= 0.6 is 15.9 Å². The van der Waals surface area contributed by atoms with Crippen molar-refractivity contribution >= 4 is 44.7 Å². The second-order valence-electron chi connectivity index (χ2n) is 7.74. The summed E-state index contributed by atoms with van der Waals surface area (Å²) in [7, 11) is 0. The largest absolute Gasteiger partial charge is 0.437 e. The number of anilines is 1. The number of hydrogen-bond acceptors (Lipinski definition) is 6. The fourth-order valence-electron chi connectivity index (χ4n) is 3.33. The summed E-state index contributed by atoms with van der Waals surface area (Å²) in [6.07, 6.45) is 5.71. The number of carbonyl (C=O) groups excluding carboxylic acids is 2. The van der Waals surface area contributed by atoms with Crippen LogP contribution in [0.1, 0.15) is 23.2 Å². The predicted octanol–water partition coefficient (Wildman–Crippen LogP) is 4.75. The van der Waals surface area contributed by atoms with Crippen LogP contribution in [0.15, 0.2) is 65.7 Å². The van der Waals surface area contributed by atoms with Crippen LogP contribution in [0.25, 0.3) is 11.2 Å². The molecule has 0 atom stereocenters. The van der Waals surface area contributed by atoms with Crippen molar-refractivity contribution in [2.24, 2.45) is 5.92 Å². The van der Waals surface area contributed by atoms with E-state index in [1.54, 1.807) is 54.9 Å². The van der Waals surface area contributed by atoms with Crippen LogP contribution < -0.4 is 15.4 Å². The molecule has 9 nitrogen and oxygen atoms in total. The number of carbonyl (C=O) groups is 2. The molecule has 4 aromatic rings. The van der Waals surface area contributed by atoms with Gasteiger partial charge < -0.3 is 14.6 Å². The van der Waals surface area contributed by atoms with Gasteiger partial charge in [-0.15, -0.1) is 0 Å². The molecule has 0 unspecified atom stereocenters. The number of nitrogens with zero attached hydrogens (tertiary/aromatic N) is 4. The van der Waals surface area contributed by atoms with Crippen LogP contribution in [0.3, 0.4) is 0 Å². The molecule has 33 heavy (non-hydrogen) atoms. The van der Waals surface area contributed by atoms with Crippen molar-refractivity contribution in [2.45, 2.75) is 19.4 Å². The molecule has 1 saturated carbocycles. The molecule has 3 amide bonds. The zero-order valence-electron chi connectivity index (χ0n) is 17.4. The number of fused-ring (bicyclic) bond motifs is 1. The predicted molar refractivity (Wildman–Crippen MR) is 125 cm³/mol. The third-order valence-electron chi connectivity index (χ3n) is 5.16. The first-order chi connectivity index (χ1) is 16.0. The van der Waals surface area contributed by atoms with E-state index in [0.717, 1.165) is 16.7 Å². The highest BCUT2D eigenvalue weighted by atomic mass is 79.9. The molecule has 1 aliphatic rings. The Kier molecular flexibility index (Phi) is 5.74. The SMILES string of the molecule is O=C(NC(=O)c1cccc(Br)c1)Nc1ccc(Oc2ncnc3c2ncn3CC2CC2)cc1. The molecule has 10 heteroatoms. The topological polar surface area (TPSA) is 111 Å². The van der Waals surface area contributed by atoms with Crippen molar-refractivity contribution in [3.63, 3.8) is 0 Å². The van der Waals surface area contributed by atoms with Crippen molar-refractivity contribution in [3.05, 3.63) is 71.2 Å². The van der Waals surface area contributed by atoms with Crippen LogP contribution in [0, 0.1) is 5.92 Å². The molecule has 2 aromatic heterocycles. The molecule has 0 aliphatic heterocycles. The quantitative estimate of drug-likeness (QED) is 0.390. The maximum Gasteiger partial charge on any atom is 0.326 e. The molecular weight excluding hydrogens is 488 g/mol. The molecule has 0 bridgehead atoms. The molecule has 0 spiro atoms. The summed E-state index contributed by atoms with van der Waals surface area (Å²) in [5.41, 5.74) is 2.23. The number of benzene rings is 2. The van der Waals surface area contributed by atoms with E-state index >= 15 is 0 Å². The first-order valence-electron chi connectivity index (χ1n) is 10.4. The van der Waals surface area contributed by atoms with Gasteiger partial charge in [0.15, 0.2) is 11.2 Å². The third-order valence-corrected chi connectivity index (χ3v) is 5.65. The van der Waals surface area contributed by atoms with Crippen LogP contribution in [0.5, 0.6) is 11.6 Å². The molecule has 1 fully saturated rings. The van der Waals surface area contributed by atoms with E-state index in [9.17, 15) is 9.59 Å². The second kappa shape index (κ2) is 8.99. The van der Waals surface area contributed by atoms with Crippen molar-refractivity contribution in [2.75, 3.05) is 5.32 Å². The summed E-state index contributed by atoms with van der Waals surface area (Å²) in [5, 5.41) is 4.92. The molecular formula is C23H19BrN6O3. The standard InChI is InChI=1S/C23H19BrN6O3/c24-16-3-1-2-15(10-16)21(31)29-23(32)28-17-6-8-18(9-7-17)33-22-19-20(25-12-26-22)30(13-27-19)11-14-4-5-14/h1-3,6-10,12-14H,4-5,11H2,(H2,28,29,31,32). The number of imide groups is 1. The van der Waals surface area contributed by atoms with Gasteiger partial charge >= 0.3 is 6.03 Å². The van der Waals surface area contributed by atoms with Gasteiger partial charge in [-0.3, -0.25) is 10.1 Å². The summed E-state index contributed by atoms with van der Waals surface area (Å²) >= 11 is 3.30. The van der Waals surface area contributed by atoms with Crippen LogP contribution in [-0.4, -0.2) is 31.5 Å². The number of aromatic nitrogens is 4. The van der Waals surface area contributed by atoms with Gasteiger partial charge in [0.05, 0.1) is 6.33 Å². The number of nitrogens with one attached hydrogen (secondary N) is 2. The van der Waals surface area contributed by atoms with E-state index in [0.29, 0.717) is 34.3 Å². The maximum absolute atomic E-state index is 12.2. The van der Waals surface area contributed by atoms with E-state index in [4.69, 9.17) is 4.74 Å². The third kappa shape index (κ3) is 5.01. The first kappa shape index (κ1) is 21.1. The average molecular weight is 507 g/mol. The normalized spacial score (nSPS) is 13.0. The molecule has 2 heterocycles. The lowest BCUT2D eigenvalue weighted by molar-refractivity contribution is 0.0967. The number of amides is 3. The van der Waals surface area contributed by atoms with Gasteiger partial charge in [-0.25, -0.2) is 14.8 Å². The molecule has 2 N–H and O–H groups in total. The Balaban J connectivity index is 1.22. The lowest BCUT2D eigenvalue weighted by atomic mass is 10.2. The van der Waals surface area contributed by atoms with E-state index < -0.39 is 11.9 Å². The molecule has 5 rings (SSSR count). The van der Waals surface area contributed by atoms with Gasteiger partial charge in [0.2, 0.25) is 0 Å². The summed E-state index contributed by atoms with van der Waals surface area (Å²) in [4.78, 5) is 37.4. The first-order valence-corrected chi connectivity index (χ1v) is 11.2. The minimum absolute atomic E-state index is 0.368. The zero-order chi connectivity index (χ0) is 22.8. The second-order valence-corrected chi connectivity index (χ2v) is 8.65. The number of urea groups is 1. The number of ether oxygens (including phenoxy) is 1. The Morgan fingerprint density at radius 1 is 1.09 bits per heavy atom. The van der Waals surface area contributed by atoms with Gasteiger partial charge in [-0.1, -0.05) is 22.0 Å². The fraction of sp³-hybridized carbons (Fsp3) is 0.174. The summed E-state index contributed by atoms with van der Waals surface area (Å²) in [6.45, 7) is 0.902. The Morgan fingerprint density at radius 2 is 1.91 bits per heavy atom. The summed E-state index contributed by atoms with van der Waals surface area (Å²) in [5.74, 6) is 1.10. The Labute approximate surface area is 197 Å². The van der Waals surface area contributed by atoms with Crippen LogP contribution in [-0.2, 0) is 6.54 Å². The van der Waals surface area contributed by atoms with Crippen LogP contribution in [0.2, 0.25) is 0 Å². The number of imidazole rings is 1. The summed E-state index contributed by atoms with van der Waals surface area (Å²) < 4.78 is 8.69. The minimum atomic E-state index is -0.632. The molecule has 166 valence electrons. The van der Waals surface area contributed by atoms with Gasteiger partial charge in [-0.05, 0) is 61.2 Å². The molecule has 1 aliphatic carbocycles. The molecule has 0 radical (unpaired) electrons. The van der Waals surface area contributed by atoms with E-state index in [1.807, 2.05) is 4.57 Å². The fourth-order valence-corrected chi connectivity index (χ4v) is 3.73. The van der Waals surface area contributed by atoms with Gasteiger partial charge in [0.25, 0.3) is 11.8 Å².